The van der Waals surface area contributed by atoms with Crippen LogP contribution in [0.1, 0.15) is 22.8 Å². The van der Waals surface area contributed by atoms with Crippen molar-refractivity contribution >= 4 is 17.6 Å². The molecule has 1 atom stereocenters. The molecule has 0 bridgehead atoms. The van der Waals surface area contributed by atoms with Crippen LogP contribution < -0.4 is 19.7 Å². The number of benzene rings is 2. The highest BCUT2D eigenvalue weighted by Crippen LogP contribution is 2.40. The molecule has 1 amide bonds. The van der Waals surface area contributed by atoms with E-state index >= 15 is 0 Å². The third-order valence-electron chi connectivity index (χ3n) is 4.72. The van der Waals surface area contributed by atoms with Gasteiger partial charge in [-0.15, -0.1) is 0 Å². The van der Waals surface area contributed by atoms with Gasteiger partial charge in [0.1, 0.15) is 0 Å². The maximum atomic E-state index is 13.1. The molecule has 2 aromatic rings. The Morgan fingerprint density at radius 3 is 2.43 bits per heavy atom. The molecule has 0 saturated carbocycles. The number of carbonyl (C=O) groups is 2. The third-order valence-corrected chi connectivity index (χ3v) is 4.72. The predicted octanol–water partition coefficient (Wildman–Crippen LogP) is 3.45. The summed E-state index contributed by atoms with van der Waals surface area (Å²) in [6.45, 7) is 2.21. The van der Waals surface area contributed by atoms with Gasteiger partial charge in [0.05, 0.1) is 31.5 Å². The zero-order chi connectivity index (χ0) is 20.3. The molecule has 0 spiro atoms. The molecule has 7 heteroatoms. The van der Waals surface area contributed by atoms with Crippen LogP contribution in [0.5, 0.6) is 11.5 Å². The first-order chi connectivity index (χ1) is 13.5. The van der Waals surface area contributed by atoms with Crippen molar-refractivity contribution in [3.05, 3.63) is 65.4 Å². The maximum Gasteiger partial charge on any atom is 0.412 e. The van der Waals surface area contributed by atoms with Crippen LogP contribution in [0.2, 0.25) is 0 Å². The molecular formula is C21H22N2O5. The number of Topliss-reactive ketones (excluding diaryl/α,β-unsaturated/α-hetero) is 1. The van der Waals surface area contributed by atoms with Gasteiger partial charge in [-0.2, -0.15) is 0 Å². The second kappa shape index (κ2) is 8.04. The molecule has 0 fully saturated rings. The lowest BCUT2D eigenvalue weighted by Gasteiger charge is -2.34. The van der Waals surface area contributed by atoms with Crippen molar-refractivity contribution in [2.75, 3.05) is 19.1 Å². The van der Waals surface area contributed by atoms with Crippen molar-refractivity contribution in [2.45, 2.75) is 19.5 Å². The second-order valence-electron chi connectivity index (χ2n) is 6.35. The normalized spacial score (nSPS) is 17.2. The molecule has 0 aliphatic carbocycles. The summed E-state index contributed by atoms with van der Waals surface area (Å²) in [4.78, 5) is 26.2. The Balaban J connectivity index is 1.99. The highest BCUT2D eigenvalue weighted by Gasteiger charge is 2.38. The number of methoxy groups -OCH3 is 2. The number of nitrogens with zero attached hydrogens (tertiary/aromatic N) is 1. The van der Waals surface area contributed by atoms with E-state index in [0.29, 0.717) is 23.6 Å². The molecule has 0 radical (unpaired) electrons. The van der Waals surface area contributed by atoms with E-state index in [1.165, 1.54) is 26.4 Å². The van der Waals surface area contributed by atoms with Gasteiger partial charge in [-0.1, -0.05) is 30.3 Å². The van der Waals surface area contributed by atoms with E-state index in [1.807, 2.05) is 30.3 Å². The van der Waals surface area contributed by atoms with Crippen LogP contribution >= 0.6 is 0 Å². The summed E-state index contributed by atoms with van der Waals surface area (Å²) >= 11 is 0. The van der Waals surface area contributed by atoms with Crippen LogP contribution in [0, 0.1) is 0 Å². The second-order valence-corrected chi connectivity index (χ2v) is 6.35. The summed E-state index contributed by atoms with van der Waals surface area (Å²) < 4.78 is 10.5. The Bertz CT molecular complexity index is 924. The smallest absolute Gasteiger partial charge is 0.412 e. The van der Waals surface area contributed by atoms with Gasteiger partial charge in [-0.3, -0.25) is 9.69 Å². The van der Waals surface area contributed by atoms with E-state index < -0.39 is 12.1 Å². The number of carboxylic acid groups (broad SMARTS) is 1. The van der Waals surface area contributed by atoms with E-state index in [-0.39, 0.29) is 17.0 Å². The van der Waals surface area contributed by atoms with Crippen LogP contribution in [0.15, 0.2) is 54.2 Å². The number of anilines is 1. The van der Waals surface area contributed by atoms with Gasteiger partial charge in [-0.25, -0.2) is 4.79 Å². The number of carbonyl (C=O) groups excluding carboxylic acids is 1. The SMILES string of the molecule is COc1cc2c(cc1OC)N(C(=O)O)C(C)C(=CNCc1ccccc1)C2=O. The molecule has 0 aromatic heterocycles. The molecule has 146 valence electrons. The van der Waals surface area contributed by atoms with Gasteiger partial charge < -0.3 is 19.9 Å². The van der Waals surface area contributed by atoms with Crippen molar-refractivity contribution in [1.82, 2.24) is 5.32 Å². The first-order valence-corrected chi connectivity index (χ1v) is 8.78. The van der Waals surface area contributed by atoms with E-state index in [4.69, 9.17) is 9.47 Å². The highest BCUT2D eigenvalue weighted by atomic mass is 16.5. The van der Waals surface area contributed by atoms with Gasteiger partial charge in [-0.05, 0) is 18.6 Å². The summed E-state index contributed by atoms with van der Waals surface area (Å²) in [7, 11) is 2.93. The van der Waals surface area contributed by atoms with Crippen LogP contribution in [-0.2, 0) is 6.54 Å². The lowest BCUT2D eigenvalue weighted by atomic mass is 9.90. The monoisotopic (exact) mass is 382 g/mol. The largest absolute Gasteiger partial charge is 0.493 e. The van der Waals surface area contributed by atoms with Crippen LogP contribution in [0.4, 0.5) is 10.5 Å². The molecule has 1 unspecified atom stereocenters. The van der Waals surface area contributed by atoms with E-state index in [0.717, 1.165) is 10.5 Å². The van der Waals surface area contributed by atoms with Gasteiger partial charge >= 0.3 is 6.09 Å². The lowest BCUT2D eigenvalue weighted by molar-refractivity contribution is 0.102. The molecule has 7 nitrogen and oxygen atoms in total. The molecular weight excluding hydrogens is 360 g/mol. The minimum atomic E-state index is -1.15. The molecule has 1 aliphatic heterocycles. The molecule has 1 heterocycles. The summed E-state index contributed by atoms with van der Waals surface area (Å²) in [6.07, 6.45) is 0.442. The first kappa shape index (κ1) is 19.3. The number of fused-ring (bicyclic) bond motifs is 1. The average Bonchev–Trinajstić information content (AvgIpc) is 2.70. The summed E-state index contributed by atoms with van der Waals surface area (Å²) in [5.74, 6) is 0.481. The molecule has 3 rings (SSSR count). The maximum absolute atomic E-state index is 13.1. The summed E-state index contributed by atoms with van der Waals surface area (Å²) in [6, 6.07) is 12.1. The van der Waals surface area contributed by atoms with E-state index in [1.54, 1.807) is 13.1 Å². The number of rotatable bonds is 5. The van der Waals surface area contributed by atoms with Crippen molar-refractivity contribution < 1.29 is 24.2 Å². The summed E-state index contributed by atoms with van der Waals surface area (Å²) in [5.41, 5.74) is 1.95. The fourth-order valence-corrected chi connectivity index (χ4v) is 3.27. The zero-order valence-corrected chi connectivity index (χ0v) is 15.9. The van der Waals surface area contributed by atoms with E-state index in [9.17, 15) is 14.7 Å². The van der Waals surface area contributed by atoms with Crippen molar-refractivity contribution in [1.29, 1.82) is 0 Å². The van der Waals surface area contributed by atoms with Crippen LogP contribution in [0.25, 0.3) is 0 Å². The van der Waals surface area contributed by atoms with Gasteiger partial charge in [0.2, 0.25) is 0 Å². The zero-order valence-electron chi connectivity index (χ0n) is 15.9. The van der Waals surface area contributed by atoms with Crippen molar-refractivity contribution in [3.63, 3.8) is 0 Å². The van der Waals surface area contributed by atoms with Gasteiger partial charge in [0, 0.05) is 24.4 Å². The predicted molar refractivity (Wildman–Crippen MR) is 105 cm³/mol. The Labute approximate surface area is 163 Å². The fraction of sp³-hybridized carbons (Fsp3) is 0.238. The minimum absolute atomic E-state index is 0.249. The quantitative estimate of drug-likeness (QED) is 0.770. The number of ketones is 1. The molecule has 2 N–H and O–H groups in total. The minimum Gasteiger partial charge on any atom is -0.493 e. The van der Waals surface area contributed by atoms with Crippen LogP contribution in [-0.4, -0.2) is 37.2 Å². The summed E-state index contributed by atoms with van der Waals surface area (Å²) in [5, 5.41) is 12.9. The average molecular weight is 382 g/mol. The molecule has 0 saturated heterocycles. The lowest BCUT2D eigenvalue weighted by Crippen LogP contribution is -2.45. The Morgan fingerprint density at radius 2 is 1.82 bits per heavy atom. The standard InChI is InChI=1S/C21H22N2O5/c1-13-16(12-22-11-14-7-5-4-6-8-14)20(24)15-9-18(27-2)19(28-3)10-17(15)23(13)21(25)26/h4-10,12-13,22H,11H2,1-3H3,(H,25,26). The highest BCUT2D eigenvalue weighted by molar-refractivity contribution is 6.18. The Kier molecular flexibility index (Phi) is 5.54. The van der Waals surface area contributed by atoms with Crippen molar-refractivity contribution in [2.24, 2.45) is 0 Å². The Morgan fingerprint density at radius 1 is 1.18 bits per heavy atom. The number of amides is 1. The topological polar surface area (TPSA) is 88.1 Å². The van der Waals surface area contributed by atoms with Gasteiger partial charge in [0.25, 0.3) is 0 Å². The molecule has 1 aliphatic rings. The number of ether oxygens (including phenoxy) is 2. The molecule has 28 heavy (non-hydrogen) atoms. The Hall–Kier alpha value is -3.48. The van der Waals surface area contributed by atoms with Gasteiger partial charge in [0.15, 0.2) is 17.3 Å². The van der Waals surface area contributed by atoms with E-state index in [2.05, 4.69) is 5.32 Å². The van der Waals surface area contributed by atoms with Crippen molar-refractivity contribution in [3.8, 4) is 11.5 Å². The third kappa shape index (κ3) is 3.51. The number of hydrogen-bond acceptors (Lipinski definition) is 5. The first-order valence-electron chi connectivity index (χ1n) is 8.78. The fourth-order valence-electron chi connectivity index (χ4n) is 3.27. The van der Waals surface area contributed by atoms with Crippen LogP contribution in [0.3, 0.4) is 0 Å². The molecule has 2 aromatic carbocycles. The number of hydrogen-bond donors (Lipinski definition) is 2. The number of nitrogens with one attached hydrogen (secondary N) is 1.